The molecule has 0 spiro atoms. The predicted molar refractivity (Wildman–Crippen MR) is 97.1 cm³/mol. The van der Waals surface area contributed by atoms with Gasteiger partial charge in [-0.05, 0) is 50.3 Å². The molecule has 2 aromatic rings. The SMILES string of the molecule is O=Cc1c(F)cccc1OCC1CCCCC1c1ccnn1C1CCC1. The van der Waals surface area contributed by atoms with Crippen molar-refractivity contribution in [2.75, 3.05) is 6.61 Å². The summed E-state index contributed by atoms with van der Waals surface area (Å²) in [5.41, 5.74) is 1.33. The fourth-order valence-electron chi connectivity index (χ4n) is 4.31. The molecular weight excluding hydrogens is 331 g/mol. The molecule has 26 heavy (non-hydrogen) atoms. The Kier molecular flexibility index (Phi) is 5.05. The van der Waals surface area contributed by atoms with Crippen molar-refractivity contribution in [3.8, 4) is 5.75 Å². The van der Waals surface area contributed by atoms with Gasteiger partial charge in [0.2, 0.25) is 0 Å². The number of aromatic nitrogens is 2. The number of hydrogen-bond acceptors (Lipinski definition) is 3. The molecule has 2 aliphatic carbocycles. The van der Waals surface area contributed by atoms with Gasteiger partial charge in [0.1, 0.15) is 11.6 Å². The van der Waals surface area contributed by atoms with Gasteiger partial charge in [0.05, 0.1) is 18.2 Å². The number of rotatable bonds is 6. The van der Waals surface area contributed by atoms with Gasteiger partial charge in [-0.25, -0.2) is 4.39 Å². The molecule has 2 fully saturated rings. The molecule has 0 radical (unpaired) electrons. The number of nitrogens with zero attached hydrogens (tertiary/aromatic N) is 2. The Balaban J connectivity index is 1.51. The molecule has 1 heterocycles. The molecule has 2 atom stereocenters. The van der Waals surface area contributed by atoms with Crippen molar-refractivity contribution >= 4 is 6.29 Å². The Hall–Kier alpha value is -2.17. The highest BCUT2D eigenvalue weighted by atomic mass is 19.1. The minimum absolute atomic E-state index is 0.0133. The lowest BCUT2D eigenvalue weighted by Gasteiger charge is -2.35. The summed E-state index contributed by atoms with van der Waals surface area (Å²) in [6.45, 7) is 0.505. The first kappa shape index (κ1) is 17.3. The van der Waals surface area contributed by atoms with Gasteiger partial charge in [0.15, 0.2) is 6.29 Å². The maximum absolute atomic E-state index is 13.8. The topological polar surface area (TPSA) is 44.1 Å². The van der Waals surface area contributed by atoms with E-state index in [1.165, 1.54) is 43.9 Å². The number of carbonyl (C=O) groups is 1. The summed E-state index contributed by atoms with van der Waals surface area (Å²) in [5.74, 6) is 0.597. The van der Waals surface area contributed by atoms with E-state index in [-0.39, 0.29) is 5.56 Å². The van der Waals surface area contributed by atoms with Gasteiger partial charge in [-0.1, -0.05) is 18.9 Å². The Morgan fingerprint density at radius 3 is 2.77 bits per heavy atom. The molecule has 138 valence electrons. The minimum Gasteiger partial charge on any atom is -0.492 e. The summed E-state index contributed by atoms with van der Waals surface area (Å²) >= 11 is 0. The van der Waals surface area contributed by atoms with Crippen LogP contribution in [0, 0.1) is 11.7 Å². The average Bonchev–Trinajstić information content (AvgIpc) is 3.07. The standard InChI is InChI=1S/C21H25FN2O2/c22-19-9-4-10-21(18(19)13-25)26-14-15-5-1-2-8-17(15)20-11-12-23-24(20)16-6-3-7-16/h4,9-13,15-17H,1-3,5-8,14H2. The third-order valence-electron chi connectivity index (χ3n) is 5.99. The van der Waals surface area contributed by atoms with E-state index in [0.717, 1.165) is 12.8 Å². The molecule has 4 rings (SSSR count). The predicted octanol–water partition coefficient (Wildman–Crippen LogP) is 4.91. The Bertz CT molecular complexity index is 769. The van der Waals surface area contributed by atoms with Crippen LogP contribution in [0.15, 0.2) is 30.5 Å². The number of halogens is 1. The molecule has 0 bridgehead atoms. The van der Waals surface area contributed by atoms with Gasteiger partial charge >= 0.3 is 0 Å². The smallest absolute Gasteiger partial charge is 0.156 e. The molecule has 1 aromatic heterocycles. The molecule has 1 aromatic carbocycles. The van der Waals surface area contributed by atoms with Crippen molar-refractivity contribution in [1.82, 2.24) is 9.78 Å². The second-order valence-electron chi connectivity index (χ2n) is 7.52. The van der Waals surface area contributed by atoms with Crippen LogP contribution < -0.4 is 4.74 Å². The van der Waals surface area contributed by atoms with Crippen molar-refractivity contribution in [1.29, 1.82) is 0 Å². The first-order valence-electron chi connectivity index (χ1n) is 9.68. The van der Waals surface area contributed by atoms with Gasteiger partial charge in [-0.15, -0.1) is 0 Å². The maximum Gasteiger partial charge on any atom is 0.156 e. The summed E-state index contributed by atoms with van der Waals surface area (Å²) in [4.78, 5) is 11.2. The van der Waals surface area contributed by atoms with Gasteiger partial charge in [0.25, 0.3) is 0 Å². The molecule has 0 amide bonds. The Morgan fingerprint density at radius 2 is 2.00 bits per heavy atom. The zero-order chi connectivity index (χ0) is 17.9. The van der Waals surface area contributed by atoms with Crippen LogP contribution in [0.4, 0.5) is 4.39 Å². The summed E-state index contributed by atoms with van der Waals surface area (Å²) in [6.07, 6.45) is 10.8. The maximum atomic E-state index is 13.8. The van der Waals surface area contributed by atoms with E-state index >= 15 is 0 Å². The van der Waals surface area contributed by atoms with E-state index in [0.29, 0.717) is 36.5 Å². The summed E-state index contributed by atoms with van der Waals surface area (Å²) in [7, 11) is 0. The fraction of sp³-hybridized carbons (Fsp3) is 0.524. The zero-order valence-corrected chi connectivity index (χ0v) is 14.9. The van der Waals surface area contributed by atoms with Gasteiger partial charge in [0, 0.05) is 23.7 Å². The zero-order valence-electron chi connectivity index (χ0n) is 14.9. The highest BCUT2D eigenvalue weighted by Crippen LogP contribution is 2.41. The molecular formula is C21H25FN2O2. The van der Waals surface area contributed by atoms with Crippen molar-refractivity contribution in [3.63, 3.8) is 0 Å². The molecule has 4 nitrogen and oxygen atoms in total. The monoisotopic (exact) mass is 356 g/mol. The van der Waals surface area contributed by atoms with Crippen LogP contribution in [0.1, 0.15) is 73.0 Å². The van der Waals surface area contributed by atoms with E-state index < -0.39 is 5.82 Å². The molecule has 5 heteroatoms. The number of benzene rings is 1. The van der Waals surface area contributed by atoms with E-state index in [2.05, 4.69) is 15.8 Å². The first-order chi connectivity index (χ1) is 12.8. The third-order valence-corrected chi connectivity index (χ3v) is 5.99. The van der Waals surface area contributed by atoms with Crippen LogP contribution in [0.25, 0.3) is 0 Å². The van der Waals surface area contributed by atoms with E-state index in [9.17, 15) is 9.18 Å². The lowest BCUT2D eigenvalue weighted by Crippen LogP contribution is -2.28. The lowest BCUT2D eigenvalue weighted by molar-refractivity contribution is 0.111. The van der Waals surface area contributed by atoms with Crippen LogP contribution in [0.2, 0.25) is 0 Å². The van der Waals surface area contributed by atoms with E-state index in [4.69, 9.17) is 4.74 Å². The lowest BCUT2D eigenvalue weighted by atomic mass is 9.77. The second-order valence-corrected chi connectivity index (χ2v) is 7.52. The highest BCUT2D eigenvalue weighted by Gasteiger charge is 2.32. The number of aldehydes is 1. The second kappa shape index (κ2) is 7.60. The van der Waals surface area contributed by atoms with E-state index in [1.807, 2.05) is 6.20 Å². The Morgan fingerprint density at radius 1 is 1.15 bits per heavy atom. The summed E-state index contributed by atoms with van der Waals surface area (Å²) in [6, 6.07) is 7.25. The molecule has 2 aliphatic rings. The minimum atomic E-state index is -0.527. The number of carbonyl (C=O) groups excluding carboxylic acids is 1. The average molecular weight is 356 g/mol. The van der Waals surface area contributed by atoms with E-state index in [1.54, 1.807) is 12.1 Å². The Labute approximate surface area is 153 Å². The normalized spacial score (nSPS) is 23.4. The van der Waals surface area contributed by atoms with Gasteiger partial charge in [-0.3, -0.25) is 9.48 Å². The van der Waals surface area contributed by atoms with Crippen LogP contribution in [0.3, 0.4) is 0 Å². The third kappa shape index (κ3) is 3.27. The molecule has 0 N–H and O–H groups in total. The number of ether oxygens (including phenoxy) is 1. The van der Waals surface area contributed by atoms with Crippen LogP contribution in [-0.2, 0) is 0 Å². The summed E-state index contributed by atoms with van der Waals surface area (Å²) < 4.78 is 21.9. The highest BCUT2D eigenvalue weighted by molar-refractivity contribution is 5.79. The molecule has 2 unspecified atom stereocenters. The largest absolute Gasteiger partial charge is 0.492 e. The quantitative estimate of drug-likeness (QED) is 0.691. The van der Waals surface area contributed by atoms with Crippen LogP contribution in [0.5, 0.6) is 5.75 Å². The van der Waals surface area contributed by atoms with Crippen LogP contribution >= 0.6 is 0 Å². The molecule has 2 saturated carbocycles. The van der Waals surface area contributed by atoms with Crippen molar-refractivity contribution in [2.45, 2.75) is 56.9 Å². The van der Waals surface area contributed by atoms with Gasteiger partial charge < -0.3 is 4.74 Å². The molecule has 0 aliphatic heterocycles. The fourth-order valence-corrected chi connectivity index (χ4v) is 4.31. The van der Waals surface area contributed by atoms with Crippen LogP contribution in [-0.4, -0.2) is 22.7 Å². The number of hydrogen-bond donors (Lipinski definition) is 0. The van der Waals surface area contributed by atoms with Crippen molar-refractivity contribution < 1.29 is 13.9 Å². The molecule has 0 saturated heterocycles. The van der Waals surface area contributed by atoms with Gasteiger partial charge in [-0.2, -0.15) is 5.10 Å². The van der Waals surface area contributed by atoms with Crippen molar-refractivity contribution in [3.05, 3.63) is 47.5 Å². The summed E-state index contributed by atoms with van der Waals surface area (Å²) in [5, 5.41) is 4.59. The van der Waals surface area contributed by atoms with Crippen molar-refractivity contribution in [2.24, 2.45) is 5.92 Å². The first-order valence-corrected chi connectivity index (χ1v) is 9.68.